The van der Waals surface area contributed by atoms with Crippen LogP contribution in [0.5, 0.6) is 0 Å². The number of hydrogen-bond acceptors (Lipinski definition) is 3. The van der Waals surface area contributed by atoms with Gasteiger partial charge in [-0.1, -0.05) is 29.4 Å². The number of thiazole rings is 1. The first-order valence-corrected chi connectivity index (χ1v) is 5.99. The van der Waals surface area contributed by atoms with E-state index < -0.39 is 6.03 Å². The van der Waals surface area contributed by atoms with Gasteiger partial charge in [0.2, 0.25) is 4.80 Å². The molecule has 0 fully saturated rings. The summed E-state index contributed by atoms with van der Waals surface area (Å²) in [5, 5.41) is 0. The zero-order valence-electron chi connectivity index (χ0n) is 9.93. The van der Waals surface area contributed by atoms with Crippen LogP contribution in [-0.4, -0.2) is 17.7 Å². The van der Waals surface area contributed by atoms with Crippen molar-refractivity contribution in [3.8, 4) is 12.0 Å². The van der Waals surface area contributed by atoms with Gasteiger partial charge < -0.3 is 0 Å². The summed E-state index contributed by atoms with van der Waals surface area (Å²) in [5.74, 6) is 2.80. The van der Waals surface area contributed by atoms with Gasteiger partial charge in [0.05, 0.1) is 17.3 Å². The molecule has 18 heavy (non-hydrogen) atoms. The van der Waals surface area contributed by atoms with Crippen molar-refractivity contribution >= 4 is 27.6 Å². The molecule has 0 saturated heterocycles. The largest absolute Gasteiger partial charge is 0.367 e. The van der Waals surface area contributed by atoms with E-state index in [4.69, 9.17) is 0 Å². The predicted molar refractivity (Wildman–Crippen MR) is 69.8 cm³/mol. The molecule has 2 amide bonds. The quantitative estimate of drug-likeness (QED) is 0.627. The van der Waals surface area contributed by atoms with Gasteiger partial charge in [-0.3, -0.25) is 4.84 Å². The van der Waals surface area contributed by atoms with E-state index in [1.54, 1.807) is 11.5 Å². The van der Waals surface area contributed by atoms with Gasteiger partial charge in [0.25, 0.3) is 0 Å². The number of aromatic nitrogens is 1. The van der Waals surface area contributed by atoms with Gasteiger partial charge in [-0.2, -0.15) is 4.99 Å². The first-order chi connectivity index (χ1) is 8.76. The molecule has 0 aliphatic rings. The number of benzene rings is 1. The van der Waals surface area contributed by atoms with Crippen LogP contribution in [0.15, 0.2) is 29.3 Å². The molecule has 1 aromatic heterocycles. The van der Waals surface area contributed by atoms with E-state index in [1.165, 1.54) is 18.4 Å². The van der Waals surface area contributed by atoms with Gasteiger partial charge in [0.15, 0.2) is 0 Å². The number of hydrogen-bond donors (Lipinski definition) is 1. The van der Waals surface area contributed by atoms with E-state index in [1.807, 2.05) is 24.3 Å². The Morgan fingerprint density at radius 1 is 1.50 bits per heavy atom. The van der Waals surface area contributed by atoms with Crippen molar-refractivity contribution in [3.05, 3.63) is 29.1 Å². The number of urea groups is 1. The topological polar surface area (TPSA) is 55.6 Å². The fourth-order valence-electron chi connectivity index (χ4n) is 1.46. The van der Waals surface area contributed by atoms with Gasteiger partial charge >= 0.3 is 6.03 Å². The van der Waals surface area contributed by atoms with Crippen LogP contribution in [0.3, 0.4) is 0 Å². The summed E-state index contributed by atoms with van der Waals surface area (Å²) in [5.41, 5.74) is 3.08. The van der Waals surface area contributed by atoms with Crippen LogP contribution in [0.25, 0.3) is 10.2 Å². The highest BCUT2D eigenvalue weighted by molar-refractivity contribution is 7.16. The minimum absolute atomic E-state index is 0.514. The van der Waals surface area contributed by atoms with Crippen molar-refractivity contribution in [3.63, 3.8) is 0 Å². The van der Waals surface area contributed by atoms with Crippen LogP contribution < -0.4 is 10.3 Å². The highest BCUT2D eigenvalue weighted by atomic mass is 32.1. The summed E-state index contributed by atoms with van der Waals surface area (Å²) in [6.07, 6.45) is 0. The van der Waals surface area contributed by atoms with Crippen LogP contribution >= 0.6 is 11.3 Å². The third kappa shape index (κ3) is 2.42. The molecule has 0 aliphatic carbocycles. The second kappa shape index (κ2) is 5.49. The van der Waals surface area contributed by atoms with Crippen LogP contribution in [0, 0.1) is 12.0 Å². The standard InChI is InChI=1S/C12H11N3O2S/c1-3-8-15-9-6-4-5-7-10(9)18-12(15)13-11(16)14-17-2/h4-7H,1-2H3,(H,14,16). The Morgan fingerprint density at radius 3 is 3.00 bits per heavy atom. The number of rotatable bonds is 1. The summed E-state index contributed by atoms with van der Waals surface area (Å²) >= 11 is 1.40. The summed E-state index contributed by atoms with van der Waals surface area (Å²) in [7, 11) is 1.36. The van der Waals surface area contributed by atoms with Crippen LogP contribution in [-0.2, 0) is 4.84 Å². The minimum atomic E-state index is -0.560. The number of para-hydroxylation sites is 1. The molecule has 1 heterocycles. The van der Waals surface area contributed by atoms with E-state index in [0.29, 0.717) is 4.80 Å². The van der Waals surface area contributed by atoms with Crippen LogP contribution in [0.1, 0.15) is 6.92 Å². The molecule has 0 aliphatic heterocycles. The zero-order chi connectivity index (χ0) is 13.0. The smallest absolute Gasteiger partial charge is 0.275 e. The van der Waals surface area contributed by atoms with E-state index in [2.05, 4.69) is 27.3 Å². The lowest BCUT2D eigenvalue weighted by Gasteiger charge is -1.95. The molecule has 0 unspecified atom stereocenters. The summed E-state index contributed by atoms with van der Waals surface area (Å²) in [6.45, 7) is 1.73. The van der Waals surface area contributed by atoms with Crippen molar-refractivity contribution in [2.75, 3.05) is 7.11 Å². The normalized spacial score (nSPS) is 11.1. The Balaban J connectivity index is 2.65. The summed E-state index contributed by atoms with van der Waals surface area (Å²) < 4.78 is 2.71. The highest BCUT2D eigenvalue weighted by Gasteiger charge is 2.05. The Hall–Kier alpha value is -2.10. The maximum Gasteiger partial charge on any atom is 0.367 e. The van der Waals surface area contributed by atoms with Crippen molar-refractivity contribution in [1.82, 2.24) is 10.0 Å². The lowest BCUT2D eigenvalue weighted by Crippen LogP contribution is -2.22. The lowest BCUT2D eigenvalue weighted by molar-refractivity contribution is 0.112. The number of amides is 2. The van der Waals surface area contributed by atoms with Crippen LogP contribution in [0.2, 0.25) is 0 Å². The van der Waals surface area contributed by atoms with E-state index in [0.717, 1.165) is 10.2 Å². The maximum atomic E-state index is 11.4. The number of nitrogens with zero attached hydrogens (tertiary/aromatic N) is 2. The first kappa shape index (κ1) is 12.4. The molecule has 1 aromatic carbocycles. The third-order valence-corrected chi connectivity index (χ3v) is 3.13. The first-order valence-electron chi connectivity index (χ1n) is 5.17. The van der Waals surface area contributed by atoms with Gasteiger partial charge in [0.1, 0.15) is 0 Å². The van der Waals surface area contributed by atoms with E-state index in [-0.39, 0.29) is 0 Å². The number of carbonyl (C=O) groups excluding carboxylic acids is 1. The molecule has 5 nitrogen and oxygen atoms in total. The average Bonchev–Trinajstić information content (AvgIpc) is 2.68. The second-order valence-corrected chi connectivity index (χ2v) is 4.28. The molecule has 0 saturated carbocycles. The lowest BCUT2D eigenvalue weighted by atomic mass is 10.3. The van der Waals surface area contributed by atoms with Crippen molar-refractivity contribution < 1.29 is 9.63 Å². The van der Waals surface area contributed by atoms with Crippen molar-refractivity contribution in [1.29, 1.82) is 0 Å². The Labute approximate surface area is 108 Å². The van der Waals surface area contributed by atoms with E-state index >= 15 is 0 Å². The minimum Gasteiger partial charge on any atom is -0.275 e. The van der Waals surface area contributed by atoms with Gasteiger partial charge in [-0.05, 0) is 19.1 Å². The molecule has 0 atom stereocenters. The molecule has 2 rings (SSSR count). The molecular formula is C12H11N3O2S. The monoisotopic (exact) mass is 261 g/mol. The van der Waals surface area contributed by atoms with Gasteiger partial charge in [0, 0.05) is 6.04 Å². The van der Waals surface area contributed by atoms with E-state index in [9.17, 15) is 4.79 Å². The number of hydroxylamine groups is 1. The molecule has 0 bridgehead atoms. The van der Waals surface area contributed by atoms with Gasteiger partial charge in [-0.15, -0.1) is 0 Å². The number of fused-ring (bicyclic) bond motifs is 1. The highest BCUT2D eigenvalue weighted by Crippen LogP contribution is 2.15. The summed E-state index contributed by atoms with van der Waals surface area (Å²) in [4.78, 5) is 20.3. The Kier molecular flexibility index (Phi) is 3.77. The molecular weight excluding hydrogens is 250 g/mol. The predicted octanol–water partition coefficient (Wildman–Crippen LogP) is 1.70. The number of nitrogens with one attached hydrogen (secondary N) is 1. The van der Waals surface area contributed by atoms with Crippen LogP contribution in [0.4, 0.5) is 4.79 Å². The molecule has 6 heteroatoms. The van der Waals surface area contributed by atoms with Gasteiger partial charge in [-0.25, -0.2) is 14.8 Å². The van der Waals surface area contributed by atoms with Crippen molar-refractivity contribution in [2.24, 2.45) is 4.99 Å². The SMILES string of the molecule is CC#Cn1c(=NC(=O)NOC)sc2ccccc21. The average molecular weight is 261 g/mol. The Morgan fingerprint density at radius 2 is 2.28 bits per heavy atom. The summed E-state index contributed by atoms with van der Waals surface area (Å²) in [6, 6.07) is 10.1. The number of carbonyl (C=O) groups is 1. The fourth-order valence-corrected chi connectivity index (χ4v) is 2.44. The molecule has 92 valence electrons. The second-order valence-electron chi connectivity index (χ2n) is 3.27. The van der Waals surface area contributed by atoms with Crippen molar-refractivity contribution in [2.45, 2.75) is 6.92 Å². The fraction of sp³-hybridized carbons (Fsp3) is 0.167. The molecule has 2 aromatic rings. The molecule has 0 radical (unpaired) electrons. The Bertz CT molecular complexity index is 703. The third-order valence-electron chi connectivity index (χ3n) is 2.11. The maximum absolute atomic E-state index is 11.4. The zero-order valence-corrected chi connectivity index (χ0v) is 10.7. The molecule has 0 spiro atoms. The molecule has 1 N–H and O–H groups in total.